The Balaban J connectivity index is 2.89. The van der Waals surface area contributed by atoms with Gasteiger partial charge in [-0.25, -0.2) is 13.6 Å². The molecule has 1 aromatic rings. The molecule has 0 saturated heterocycles. The van der Waals surface area contributed by atoms with E-state index < -0.39 is 10.0 Å². The first kappa shape index (κ1) is 16.6. The summed E-state index contributed by atoms with van der Waals surface area (Å²) in [6.07, 6.45) is 0.526. The number of nitrogens with one attached hydrogen (secondary N) is 1. The fraction of sp³-hybridized carbons (Fsp3) is 0.462. The van der Waals surface area contributed by atoms with Gasteiger partial charge in [0.25, 0.3) is 5.91 Å². The highest BCUT2D eigenvalue weighted by Gasteiger charge is 2.16. The lowest BCUT2D eigenvalue weighted by molar-refractivity contribution is 0.0922. The number of carbonyl (C=O) groups is 1. The number of hydrogen-bond donors (Lipinski definition) is 2. The molecule has 3 N–H and O–H groups in total. The maximum absolute atomic E-state index is 11.9. The van der Waals surface area contributed by atoms with E-state index in [-0.39, 0.29) is 16.4 Å². The molecule has 0 fully saturated rings. The number of sulfonamides is 1. The average molecular weight is 300 g/mol. The maximum Gasteiger partial charge on any atom is 0.251 e. The van der Waals surface area contributed by atoms with E-state index in [1.165, 1.54) is 6.07 Å². The number of benzene rings is 1. The van der Waals surface area contributed by atoms with Crippen molar-refractivity contribution in [2.75, 3.05) is 19.8 Å². The molecule has 0 aromatic heterocycles. The summed E-state index contributed by atoms with van der Waals surface area (Å²) in [5.41, 5.74) is 0.862. The Hall–Kier alpha value is -1.44. The second-order valence-corrected chi connectivity index (χ2v) is 5.70. The van der Waals surface area contributed by atoms with Crippen LogP contribution < -0.4 is 10.5 Å². The lowest BCUT2D eigenvalue weighted by Crippen LogP contribution is -2.27. The van der Waals surface area contributed by atoms with Crippen LogP contribution >= 0.6 is 0 Å². The van der Waals surface area contributed by atoms with Crippen molar-refractivity contribution < 1.29 is 17.9 Å². The molecule has 0 aliphatic heterocycles. The SMILES string of the molecule is CCOCCNC(=O)c1ccc(CC)c(S(N)(=O)=O)c1. The zero-order valence-electron chi connectivity index (χ0n) is 11.7. The molecule has 1 rings (SSSR count). The standard InChI is InChI=1S/C13H20N2O4S/c1-3-10-5-6-11(9-12(10)20(14,17)18)13(16)15-7-8-19-4-2/h5-6,9H,3-4,7-8H2,1-2H3,(H,15,16)(H2,14,17,18). The Kier molecular flexibility index (Phi) is 6.12. The van der Waals surface area contributed by atoms with Crippen molar-refractivity contribution in [3.63, 3.8) is 0 Å². The number of nitrogens with two attached hydrogens (primary N) is 1. The smallest absolute Gasteiger partial charge is 0.251 e. The van der Waals surface area contributed by atoms with Crippen molar-refractivity contribution in [3.05, 3.63) is 29.3 Å². The molecular formula is C13H20N2O4S. The topological polar surface area (TPSA) is 98.5 Å². The van der Waals surface area contributed by atoms with Gasteiger partial charge in [-0.2, -0.15) is 0 Å². The third-order valence-corrected chi connectivity index (χ3v) is 3.75. The molecule has 0 aliphatic carbocycles. The van der Waals surface area contributed by atoms with Crippen LogP contribution in [-0.2, 0) is 21.2 Å². The fourth-order valence-electron chi connectivity index (χ4n) is 1.74. The minimum Gasteiger partial charge on any atom is -0.380 e. The Morgan fingerprint density at radius 2 is 2.05 bits per heavy atom. The number of rotatable bonds is 7. The van der Waals surface area contributed by atoms with Crippen LogP contribution in [0.15, 0.2) is 23.1 Å². The van der Waals surface area contributed by atoms with Crippen molar-refractivity contribution >= 4 is 15.9 Å². The third kappa shape index (κ3) is 4.59. The van der Waals surface area contributed by atoms with Gasteiger partial charge in [-0.3, -0.25) is 4.79 Å². The predicted molar refractivity (Wildman–Crippen MR) is 76.0 cm³/mol. The van der Waals surface area contributed by atoms with Gasteiger partial charge in [-0.1, -0.05) is 13.0 Å². The first-order chi connectivity index (χ1) is 9.40. The average Bonchev–Trinajstić information content (AvgIpc) is 2.41. The lowest BCUT2D eigenvalue weighted by atomic mass is 10.1. The molecule has 0 aliphatic rings. The molecule has 0 atom stereocenters. The monoisotopic (exact) mass is 300 g/mol. The van der Waals surface area contributed by atoms with Crippen LogP contribution in [-0.4, -0.2) is 34.1 Å². The van der Waals surface area contributed by atoms with Crippen LogP contribution in [0.1, 0.15) is 29.8 Å². The van der Waals surface area contributed by atoms with Crippen molar-refractivity contribution in [3.8, 4) is 0 Å². The molecule has 0 saturated carbocycles. The summed E-state index contributed by atoms with van der Waals surface area (Å²) in [7, 11) is -3.84. The van der Waals surface area contributed by atoms with Gasteiger partial charge in [-0.15, -0.1) is 0 Å². The Morgan fingerprint density at radius 1 is 1.35 bits per heavy atom. The molecule has 1 aromatic carbocycles. The van der Waals surface area contributed by atoms with Gasteiger partial charge in [-0.05, 0) is 31.0 Å². The molecule has 20 heavy (non-hydrogen) atoms. The van der Waals surface area contributed by atoms with Crippen molar-refractivity contribution in [1.82, 2.24) is 5.32 Å². The molecule has 1 amide bonds. The molecule has 0 heterocycles. The minimum absolute atomic E-state index is 0.00235. The number of hydrogen-bond acceptors (Lipinski definition) is 4. The molecule has 0 unspecified atom stereocenters. The van der Waals surface area contributed by atoms with E-state index in [0.29, 0.717) is 31.7 Å². The summed E-state index contributed by atoms with van der Waals surface area (Å²) in [5, 5.41) is 7.81. The Bertz CT molecular complexity index is 570. The Morgan fingerprint density at radius 3 is 2.60 bits per heavy atom. The van der Waals surface area contributed by atoms with Crippen LogP contribution in [0.5, 0.6) is 0 Å². The highest BCUT2D eigenvalue weighted by molar-refractivity contribution is 7.89. The second kappa shape index (κ2) is 7.37. The zero-order chi connectivity index (χ0) is 15.2. The maximum atomic E-state index is 11.9. The molecule has 6 nitrogen and oxygen atoms in total. The molecule has 112 valence electrons. The zero-order valence-corrected chi connectivity index (χ0v) is 12.5. The van der Waals surface area contributed by atoms with E-state index in [4.69, 9.17) is 9.88 Å². The number of ether oxygens (including phenoxy) is 1. The van der Waals surface area contributed by atoms with Crippen LogP contribution in [0.3, 0.4) is 0 Å². The molecular weight excluding hydrogens is 280 g/mol. The van der Waals surface area contributed by atoms with E-state index in [0.717, 1.165) is 0 Å². The summed E-state index contributed by atoms with van der Waals surface area (Å²) in [4.78, 5) is 11.9. The van der Waals surface area contributed by atoms with Crippen LogP contribution in [0.2, 0.25) is 0 Å². The number of primary sulfonamides is 1. The third-order valence-electron chi connectivity index (χ3n) is 2.75. The summed E-state index contributed by atoms with van der Waals surface area (Å²) in [6, 6.07) is 4.50. The quantitative estimate of drug-likeness (QED) is 0.723. The predicted octanol–water partition coefficient (Wildman–Crippen LogP) is 0.663. The largest absolute Gasteiger partial charge is 0.380 e. The molecule has 0 bridgehead atoms. The summed E-state index contributed by atoms with van der Waals surface area (Å²) >= 11 is 0. The molecule has 0 spiro atoms. The van der Waals surface area contributed by atoms with Crippen LogP contribution in [0, 0.1) is 0 Å². The van der Waals surface area contributed by atoms with Gasteiger partial charge < -0.3 is 10.1 Å². The van der Waals surface area contributed by atoms with Gasteiger partial charge in [0, 0.05) is 18.7 Å². The summed E-state index contributed by atoms with van der Waals surface area (Å²) in [5.74, 6) is -0.350. The van der Waals surface area contributed by atoms with Crippen LogP contribution in [0.4, 0.5) is 0 Å². The van der Waals surface area contributed by atoms with E-state index in [1.807, 2.05) is 13.8 Å². The normalized spacial score (nSPS) is 11.3. The van der Waals surface area contributed by atoms with Gasteiger partial charge in [0.1, 0.15) is 0 Å². The van der Waals surface area contributed by atoms with E-state index >= 15 is 0 Å². The van der Waals surface area contributed by atoms with Gasteiger partial charge in [0.05, 0.1) is 11.5 Å². The van der Waals surface area contributed by atoms with Gasteiger partial charge in [0.15, 0.2) is 0 Å². The summed E-state index contributed by atoms with van der Waals surface area (Å²) in [6.45, 7) is 5.05. The number of amides is 1. The van der Waals surface area contributed by atoms with E-state index in [9.17, 15) is 13.2 Å². The fourth-order valence-corrected chi connectivity index (χ4v) is 2.60. The highest BCUT2D eigenvalue weighted by atomic mass is 32.2. The van der Waals surface area contributed by atoms with Crippen LogP contribution in [0.25, 0.3) is 0 Å². The van der Waals surface area contributed by atoms with Gasteiger partial charge >= 0.3 is 0 Å². The van der Waals surface area contributed by atoms with Crippen molar-refractivity contribution in [2.24, 2.45) is 5.14 Å². The second-order valence-electron chi connectivity index (χ2n) is 4.17. The molecule has 0 radical (unpaired) electrons. The first-order valence-corrected chi connectivity index (χ1v) is 7.96. The van der Waals surface area contributed by atoms with Crippen molar-refractivity contribution in [1.29, 1.82) is 0 Å². The van der Waals surface area contributed by atoms with E-state index in [1.54, 1.807) is 12.1 Å². The number of aryl methyl sites for hydroxylation is 1. The first-order valence-electron chi connectivity index (χ1n) is 6.41. The lowest BCUT2D eigenvalue weighted by Gasteiger charge is -2.09. The minimum atomic E-state index is -3.84. The van der Waals surface area contributed by atoms with Gasteiger partial charge in [0.2, 0.25) is 10.0 Å². The Labute approximate surface area is 119 Å². The summed E-state index contributed by atoms with van der Waals surface area (Å²) < 4.78 is 28.1. The highest BCUT2D eigenvalue weighted by Crippen LogP contribution is 2.17. The van der Waals surface area contributed by atoms with Crippen molar-refractivity contribution in [2.45, 2.75) is 25.2 Å². The molecule has 7 heteroatoms. The number of carbonyl (C=O) groups excluding carboxylic acids is 1. The van der Waals surface area contributed by atoms with E-state index in [2.05, 4.69) is 5.32 Å².